The Bertz CT molecular complexity index is 449. The zero-order valence-electron chi connectivity index (χ0n) is 7.71. The maximum Gasteiger partial charge on any atom is 0.288 e. The predicted octanol–water partition coefficient (Wildman–Crippen LogP) is 1.33. The first-order valence-electron chi connectivity index (χ1n) is 4.26. The van der Waals surface area contributed by atoms with Gasteiger partial charge in [-0.2, -0.15) is 0 Å². The summed E-state index contributed by atoms with van der Waals surface area (Å²) >= 11 is 0. The van der Waals surface area contributed by atoms with E-state index in [4.69, 9.17) is 0 Å². The van der Waals surface area contributed by atoms with Crippen molar-refractivity contribution < 1.29 is 9.94 Å². The molecular weight excluding hydrogens is 180 g/mol. The Morgan fingerprint density at radius 1 is 1.29 bits per heavy atom. The lowest BCUT2D eigenvalue weighted by Crippen LogP contribution is -2.26. The summed E-state index contributed by atoms with van der Waals surface area (Å²) in [5, 5.41) is 20.6. The molecule has 1 aromatic carbocycles. The smallest absolute Gasteiger partial charge is 0.288 e. The summed E-state index contributed by atoms with van der Waals surface area (Å²) in [6, 6.07) is 9.28. The molecule has 0 fully saturated rings. The fourth-order valence-electron chi connectivity index (χ4n) is 1.45. The van der Waals surface area contributed by atoms with Gasteiger partial charge in [0.05, 0.1) is 0 Å². The Morgan fingerprint density at radius 2 is 1.93 bits per heavy atom. The molecule has 0 aliphatic heterocycles. The molecule has 4 nitrogen and oxygen atoms in total. The van der Waals surface area contributed by atoms with Crippen LogP contribution in [0, 0.1) is 12.1 Å². The summed E-state index contributed by atoms with van der Waals surface area (Å²) in [7, 11) is 0. The lowest BCUT2D eigenvalue weighted by atomic mass is 10.1. The van der Waals surface area contributed by atoms with Crippen molar-refractivity contribution in [1.82, 2.24) is 4.73 Å². The largest absolute Gasteiger partial charge is 0.711 e. The molecule has 0 aliphatic carbocycles. The van der Waals surface area contributed by atoms with E-state index in [9.17, 15) is 10.4 Å². The molecule has 0 aliphatic rings. The van der Waals surface area contributed by atoms with Gasteiger partial charge < -0.3 is 10.4 Å². The fraction of sp³-hybridized carbons (Fsp3) is 0.100. The minimum Gasteiger partial charge on any atom is -0.711 e. The molecule has 1 heterocycles. The summed E-state index contributed by atoms with van der Waals surface area (Å²) in [5.41, 5.74) is 1.83. The maximum absolute atomic E-state index is 11.2. The van der Waals surface area contributed by atoms with Crippen LogP contribution in [0.15, 0.2) is 36.7 Å². The molecule has 0 radical (unpaired) electrons. The predicted molar refractivity (Wildman–Crippen MR) is 50.7 cm³/mol. The minimum atomic E-state index is 0.485. The van der Waals surface area contributed by atoms with E-state index < -0.39 is 0 Å². The topological polar surface area (TPSA) is 52.1 Å². The van der Waals surface area contributed by atoms with Crippen molar-refractivity contribution in [2.24, 2.45) is 0 Å². The second-order valence-electron chi connectivity index (χ2n) is 3.09. The van der Waals surface area contributed by atoms with E-state index in [1.165, 1.54) is 0 Å². The number of hydrogen-bond acceptors (Lipinski definition) is 2. The zero-order chi connectivity index (χ0) is 10.1. The normalized spacial score (nSPS) is 10.4. The van der Waals surface area contributed by atoms with Crippen molar-refractivity contribution in [3.63, 3.8) is 0 Å². The Hall–Kier alpha value is -1.97. The van der Waals surface area contributed by atoms with E-state index in [2.05, 4.69) is 0 Å². The molecule has 1 N–H and O–H groups in total. The van der Waals surface area contributed by atoms with Crippen molar-refractivity contribution in [2.75, 3.05) is 0 Å². The van der Waals surface area contributed by atoms with Gasteiger partial charge in [0.2, 0.25) is 5.69 Å². The molecule has 1 aromatic heterocycles. The number of hydrogen-bond donors (Lipinski definition) is 1. The molecule has 0 saturated heterocycles. The van der Waals surface area contributed by atoms with Crippen LogP contribution in [0.1, 0.15) is 5.69 Å². The van der Waals surface area contributed by atoms with Crippen molar-refractivity contribution >= 4 is 0 Å². The van der Waals surface area contributed by atoms with Crippen LogP contribution in [-0.4, -0.2) is 9.94 Å². The lowest BCUT2D eigenvalue weighted by Gasteiger charge is -1.98. The highest BCUT2D eigenvalue weighted by Crippen LogP contribution is 2.19. The van der Waals surface area contributed by atoms with Crippen LogP contribution in [0.2, 0.25) is 0 Å². The van der Waals surface area contributed by atoms with E-state index in [1.807, 2.05) is 30.3 Å². The molecule has 2 rings (SSSR count). The maximum atomic E-state index is 11.2. The monoisotopic (exact) mass is 190 g/mol. The average Bonchev–Trinajstić information content (AvgIpc) is 2.43. The van der Waals surface area contributed by atoms with Gasteiger partial charge in [0, 0.05) is 12.5 Å². The first-order valence-corrected chi connectivity index (χ1v) is 4.26. The Kier molecular flexibility index (Phi) is 1.89. The van der Waals surface area contributed by atoms with Crippen LogP contribution in [0.25, 0.3) is 11.3 Å². The standard InChI is InChI=1S/C10H10N2O2/c1-8-10(12(14)7-11(8)13)9-5-3-2-4-6-9/h2-7,14H,1H3. The van der Waals surface area contributed by atoms with Gasteiger partial charge in [0.1, 0.15) is 0 Å². The van der Waals surface area contributed by atoms with Gasteiger partial charge >= 0.3 is 0 Å². The van der Waals surface area contributed by atoms with Crippen molar-refractivity contribution in [1.29, 1.82) is 0 Å². The van der Waals surface area contributed by atoms with Crippen LogP contribution in [0.4, 0.5) is 0 Å². The van der Waals surface area contributed by atoms with Gasteiger partial charge in [-0.05, 0) is 4.73 Å². The van der Waals surface area contributed by atoms with Crippen LogP contribution in [0.3, 0.4) is 0 Å². The van der Waals surface area contributed by atoms with Crippen LogP contribution >= 0.6 is 0 Å². The van der Waals surface area contributed by atoms with E-state index in [0.717, 1.165) is 16.6 Å². The van der Waals surface area contributed by atoms with Crippen molar-refractivity contribution in [2.45, 2.75) is 6.92 Å². The third-order valence-corrected chi connectivity index (χ3v) is 2.16. The summed E-state index contributed by atoms with van der Waals surface area (Å²) in [6.45, 7) is 1.67. The first-order chi connectivity index (χ1) is 6.70. The number of aromatic nitrogens is 2. The molecule has 14 heavy (non-hydrogen) atoms. The number of rotatable bonds is 1. The second kappa shape index (κ2) is 3.06. The summed E-state index contributed by atoms with van der Waals surface area (Å²) < 4.78 is 1.49. The SMILES string of the molecule is Cc1c(-c2ccccc2)n(O)c[n+]1[O-]. The molecule has 4 heteroatoms. The molecule has 2 aromatic rings. The number of benzene rings is 1. The molecule has 0 saturated carbocycles. The Labute approximate surface area is 81.2 Å². The summed E-state index contributed by atoms with van der Waals surface area (Å²) in [5.74, 6) is 0. The lowest BCUT2D eigenvalue weighted by molar-refractivity contribution is -0.612. The minimum absolute atomic E-state index is 0.485. The van der Waals surface area contributed by atoms with E-state index in [0.29, 0.717) is 16.1 Å². The van der Waals surface area contributed by atoms with Gasteiger partial charge in [0.15, 0.2) is 5.69 Å². The highest BCUT2D eigenvalue weighted by Gasteiger charge is 2.17. The van der Waals surface area contributed by atoms with Crippen LogP contribution < -0.4 is 4.73 Å². The van der Waals surface area contributed by atoms with E-state index >= 15 is 0 Å². The van der Waals surface area contributed by atoms with Gasteiger partial charge in [0.25, 0.3) is 6.33 Å². The average molecular weight is 190 g/mol. The molecule has 0 spiro atoms. The number of nitrogens with zero attached hydrogens (tertiary/aromatic N) is 2. The molecule has 0 unspecified atom stereocenters. The van der Waals surface area contributed by atoms with E-state index in [1.54, 1.807) is 6.92 Å². The molecular formula is C10H10N2O2. The second-order valence-corrected chi connectivity index (χ2v) is 3.09. The fourth-order valence-corrected chi connectivity index (χ4v) is 1.45. The molecule has 0 amide bonds. The van der Waals surface area contributed by atoms with Gasteiger partial charge in [-0.3, -0.25) is 0 Å². The quantitative estimate of drug-likeness (QED) is 0.419. The zero-order valence-corrected chi connectivity index (χ0v) is 7.71. The van der Waals surface area contributed by atoms with E-state index in [-0.39, 0.29) is 0 Å². The van der Waals surface area contributed by atoms with Crippen LogP contribution in [-0.2, 0) is 0 Å². The van der Waals surface area contributed by atoms with Crippen molar-refractivity contribution in [3.8, 4) is 11.3 Å². The number of imidazole rings is 1. The third kappa shape index (κ3) is 1.21. The first kappa shape index (κ1) is 8.62. The van der Waals surface area contributed by atoms with Gasteiger partial charge in [-0.15, -0.1) is 0 Å². The summed E-state index contributed by atoms with van der Waals surface area (Å²) in [4.78, 5) is 0. The van der Waals surface area contributed by atoms with Crippen molar-refractivity contribution in [3.05, 3.63) is 47.6 Å². The highest BCUT2D eigenvalue weighted by atomic mass is 16.5. The molecule has 72 valence electrons. The third-order valence-electron chi connectivity index (χ3n) is 2.16. The van der Waals surface area contributed by atoms with Gasteiger partial charge in [-0.1, -0.05) is 30.3 Å². The Balaban J connectivity index is 2.62. The summed E-state index contributed by atoms with van der Waals surface area (Å²) in [6.07, 6.45) is 1.09. The molecule has 0 bridgehead atoms. The van der Waals surface area contributed by atoms with Crippen LogP contribution in [0.5, 0.6) is 0 Å². The Morgan fingerprint density at radius 3 is 2.43 bits per heavy atom. The van der Waals surface area contributed by atoms with Gasteiger partial charge in [-0.25, -0.2) is 4.73 Å². The highest BCUT2D eigenvalue weighted by molar-refractivity contribution is 5.60. The molecule has 0 atom stereocenters.